The Kier molecular flexibility index (Phi) is 13.0. The van der Waals surface area contributed by atoms with Crippen molar-refractivity contribution in [2.45, 2.75) is 20.3 Å². The maximum atomic E-state index is 9.59. The maximum absolute atomic E-state index is 9.59. The second kappa shape index (κ2) is 10.4. The summed E-state index contributed by atoms with van der Waals surface area (Å²) in [6.45, 7) is 3.61. The highest BCUT2D eigenvalue weighted by molar-refractivity contribution is 5.65. The van der Waals surface area contributed by atoms with E-state index in [0.29, 0.717) is 6.61 Å². The molecule has 3 heteroatoms. The van der Waals surface area contributed by atoms with Gasteiger partial charge in [-0.1, -0.05) is 6.92 Å². The van der Waals surface area contributed by atoms with E-state index in [1.807, 2.05) is 6.92 Å². The molecule has 3 nitrogen and oxygen atoms in total. The third-order valence-corrected chi connectivity index (χ3v) is 0.511. The highest BCUT2D eigenvalue weighted by atomic mass is 16.5. The number of aliphatic hydroxyl groups excluding tert-OH is 1. The minimum atomic E-state index is -0.245. The lowest BCUT2D eigenvalue weighted by atomic mass is 10.5. The molecule has 0 aliphatic carbocycles. The lowest BCUT2D eigenvalue weighted by Crippen LogP contribution is -1.88. The summed E-state index contributed by atoms with van der Waals surface area (Å²) >= 11 is 0. The van der Waals surface area contributed by atoms with Crippen LogP contribution in [0.1, 0.15) is 20.3 Å². The molecule has 0 aromatic carbocycles. The van der Waals surface area contributed by atoms with Gasteiger partial charge in [0.25, 0.3) is 0 Å². The minimum absolute atomic E-state index is 0.245. The van der Waals surface area contributed by atoms with Crippen molar-refractivity contribution < 1.29 is 14.6 Å². The smallest absolute Gasteiger partial charge is 0.302 e. The van der Waals surface area contributed by atoms with E-state index in [0.717, 1.165) is 6.42 Å². The first-order chi connectivity index (χ1) is 4.18. The van der Waals surface area contributed by atoms with Crippen molar-refractivity contribution in [1.29, 1.82) is 0 Å². The fourth-order valence-electron chi connectivity index (χ4n) is 0. The van der Waals surface area contributed by atoms with Gasteiger partial charge in [-0.05, 0) is 6.42 Å². The van der Waals surface area contributed by atoms with E-state index in [1.165, 1.54) is 14.0 Å². The van der Waals surface area contributed by atoms with Crippen molar-refractivity contribution in [1.82, 2.24) is 0 Å². The number of carbonyl (C=O) groups excluding carboxylic acids is 1. The first kappa shape index (κ1) is 11.3. The summed E-state index contributed by atoms with van der Waals surface area (Å²) in [5.41, 5.74) is 0. The van der Waals surface area contributed by atoms with Crippen molar-refractivity contribution in [3.05, 3.63) is 0 Å². The summed E-state index contributed by atoms with van der Waals surface area (Å²) in [5, 5.41) is 7.88. The van der Waals surface area contributed by atoms with Gasteiger partial charge in [-0.25, -0.2) is 0 Å². The fourth-order valence-corrected chi connectivity index (χ4v) is 0. The second-order valence-corrected chi connectivity index (χ2v) is 1.42. The number of methoxy groups -OCH3 is 1. The number of aliphatic hydroxyl groups is 1. The molecule has 0 saturated carbocycles. The van der Waals surface area contributed by atoms with Gasteiger partial charge in [0.2, 0.25) is 0 Å². The number of carbonyl (C=O) groups is 1. The van der Waals surface area contributed by atoms with Crippen molar-refractivity contribution in [3.63, 3.8) is 0 Å². The number of hydrogen-bond acceptors (Lipinski definition) is 3. The molecule has 0 aliphatic heterocycles. The number of ether oxygens (including phenoxy) is 1. The van der Waals surface area contributed by atoms with E-state index in [-0.39, 0.29) is 5.97 Å². The van der Waals surface area contributed by atoms with Crippen LogP contribution < -0.4 is 0 Å². The van der Waals surface area contributed by atoms with Crippen LogP contribution in [-0.2, 0) is 9.53 Å². The Morgan fingerprint density at radius 2 is 1.89 bits per heavy atom. The Labute approximate surface area is 55.6 Å². The molecule has 0 unspecified atom stereocenters. The molecular formula is C6H14O3. The van der Waals surface area contributed by atoms with Gasteiger partial charge in [0, 0.05) is 13.5 Å². The standard InChI is InChI=1S/C3H6O2.C3H8O/c1-3(4)5-2;1-2-3-4/h1-2H3;4H,2-3H2,1H3. The van der Waals surface area contributed by atoms with Crippen LogP contribution in [0.3, 0.4) is 0 Å². The minimum Gasteiger partial charge on any atom is -0.469 e. The second-order valence-electron chi connectivity index (χ2n) is 1.42. The monoisotopic (exact) mass is 134 g/mol. The molecule has 0 atom stereocenters. The quantitative estimate of drug-likeness (QED) is 0.533. The lowest BCUT2D eigenvalue weighted by molar-refractivity contribution is -0.137. The van der Waals surface area contributed by atoms with E-state index in [1.54, 1.807) is 0 Å². The molecule has 0 spiro atoms. The predicted octanol–water partition coefficient (Wildman–Crippen LogP) is 0.568. The summed E-state index contributed by atoms with van der Waals surface area (Å²) in [6.07, 6.45) is 0.875. The molecular weight excluding hydrogens is 120 g/mol. The van der Waals surface area contributed by atoms with Crippen LogP contribution in [0.25, 0.3) is 0 Å². The summed E-state index contributed by atoms with van der Waals surface area (Å²) in [6, 6.07) is 0. The van der Waals surface area contributed by atoms with E-state index >= 15 is 0 Å². The van der Waals surface area contributed by atoms with E-state index in [2.05, 4.69) is 4.74 Å². The van der Waals surface area contributed by atoms with Gasteiger partial charge in [0.1, 0.15) is 0 Å². The molecule has 0 saturated heterocycles. The fraction of sp³-hybridized carbons (Fsp3) is 0.833. The van der Waals surface area contributed by atoms with Gasteiger partial charge in [-0.3, -0.25) is 4.79 Å². The molecule has 0 radical (unpaired) electrons. The molecule has 56 valence electrons. The van der Waals surface area contributed by atoms with Gasteiger partial charge in [-0.15, -0.1) is 0 Å². The first-order valence-electron chi connectivity index (χ1n) is 2.84. The largest absolute Gasteiger partial charge is 0.469 e. The number of rotatable bonds is 1. The van der Waals surface area contributed by atoms with E-state index in [9.17, 15) is 4.79 Å². The average molecular weight is 134 g/mol. The van der Waals surface area contributed by atoms with Gasteiger partial charge in [0.15, 0.2) is 0 Å². The molecule has 0 bridgehead atoms. The Morgan fingerprint density at radius 1 is 1.67 bits per heavy atom. The topological polar surface area (TPSA) is 46.5 Å². The summed E-state index contributed by atoms with van der Waals surface area (Å²) in [4.78, 5) is 9.59. The summed E-state index contributed by atoms with van der Waals surface area (Å²) in [7, 11) is 1.35. The predicted molar refractivity (Wildman–Crippen MR) is 35.1 cm³/mol. The zero-order chi connectivity index (χ0) is 7.70. The van der Waals surface area contributed by atoms with Gasteiger partial charge in [0.05, 0.1) is 7.11 Å². The normalized spacial score (nSPS) is 7.11. The van der Waals surface area contributed by atoms with Crippen LogP contribution in [0.2, 0.25) is 0 Å². The molecule has 0 aromatic rings. The van der Waals surface area contributed by atoms with Crippen LogP contribution in [0.5, 0.6) is 0 Å². The van der Waals surface area contributed by atoms with Crippen molar-refractivity contribution in [2.24, 2.45) is 0 Å². The zero-order valence-electron chi connectivity index (χ0n) is 6.18. The lowest BCUT2D eigenvalue weighted by Gasteiger charge is -1.80. The molecule has 0 amide bonds. The maximum Gasteiger partial charge on any atom is 0.302 e. The Bertz CT molecular complexity index is 59.3. The molecule has 1 N–H and O–H groups in total. The summed E-state index contributed by atoms with van der Waals surface area (Å²) < 4.78 is 4.11. The Hall–Kier alpha value is -0.570. The van der Waals surface area contributed by atoms with Crippen LogP contribution >= 0.6 is 0 Å². The van der Waals surface area contributed by atoms with Crippen molar-refractivity contribution >= 4 is 5.97 Å². The highest BCUT2D eigenvalue weighted by Crippen LogP contribution is 1.61. The number of esters is 1. The van der Waals surface area contributed by atoms with Gasteiger partial charge < -0.3 is 9.84 Å². The highest BCUT2D eigenvalue weighted by Gasteiger charge is 1.75. The Morgan fingerprint density at radius 3 is 1.89 bits per heavy atom. The molecule has 0 heterocycles. The summed E-state index contributed by atoms with van der Waals surface area (Å²) in [5.74, 6) is -0.245. The average Bonchev–Trinajstić information content (AvgIpc) is 1.89. The van der Waals surface area contributed by atoms with Gasteiger partial charge >= 0.3 is 5.97 Å². The SMILES string of the molecule is CCCO.COC(C)=O. The van der Waals surface area contributed by atoms with Crippen LogP contribution in [-0.4, -0.2) is 24.8 Å². The van der Waals surface area contributed by atoms with Crippen LogP contribution in [0.4, 0.5) is 0 Å². The van der Waals surface area contributed by atoms with Crippen LogP contribution in [0, 0.1) is 0 Å². The molecule has 9 heavy (non-hydrogen) atoms. The third-order valence-electron chi connectivity index (χ3n) is 0.511. The molecule has 0 rings (SSSR count). The van der Waals surface area contributed by atoms with Crippen molar-refractivity contribution in [2.75, 3.05) is 13.7 Å². The van der Waals surface area contributed by atoms with Gasteiger partial charge in [-0.2, -0.15) is 0 Å². The third kappa shape index (κ3) is 37.1. The first-order valence-corrected chi connectivity index (χ1v) is 2.84. The number of hydrogen-bond donors (Lipinski definition) is 1. The molecule has 0 aliphatic rings. The van der Waals surface area contributed by atoms with E-state index < -0.39 is 0 Å². The van der Waals surface area contributed by atoms with Crippen LogP contribution in [0.15, 0.2) is 0 Å². The molecule has 0 fully saturated rings. The molecule has 0 aromatic heterocycles. The zero-order valence-corrected chi connectivity index (χ0v) is 6.18. The Balaban J connectivity index is 0. The van der Waals surface area contributed by atoms with Crippen molar-refractivity contribution in [3.8, 4) is 0 Å². The van der Waals surface area contributed by atoms with E-state index in [4.69, 9.17) is 5.11 Å².